The van der Waals surface area contributed by atoms with E-state index < -0.39 is 0 Å². The van der Waals surface area contributed by atoms with Gasteiger partial charge in [0.15, 0.2) is 0 Å². The molecular formula is C18H28O3. The summed E-state index contributed by atoms with van der Waals surface area (Å²) in [5.74, 6) is 0.572. The summed E-state index contributed by atoms with van der Waals surface area (Å²) >= 11 is 0. The molecule has 3 heteroatoms. The quantitative estimate of drug-likeness (QED) is 0.735. The van der Waals surface area contributed by atoms with Gasteiger partial charge in [-0.3, -0.25) is 4.79 Å². The van der Waals surface area contributed by atoms with E-state index in [1.165, 1.54) is 5.56 Å². The molecule has 118 valence electrons. The summed E-state index contributed by atoms with van der Waals surface area (Å²) in [7, 11) is 0. The van der Waals surface area contributed by atoms with Crippen LogP contribution in [0.5, 0.6) is 5.75 Å². The summed E-state index contributed by atoms with van der Waals surface area (Å²) in [4.78, 5) is 11.9. The SMILES string of the molecule is CCCOc1ccc(C(C)(C)C)cc1CC(=O)OC(C)C. The molecule has 0 atom stereocenters. The number of esters is 1. The minimum absolute atomic E-state index is 0.0417. The Morgan fingerprint density at radius 2 is 1.90 bits per heavy atom. The highest BCUT2D eigenvalue weighted by Gasteiger charge is 2.18. The van der Waals surface area contributed by atoms with Crippen LogP contribution in [0.1, 0.15) is 59.1 Å². The first-order chi connectivity index (χ1) is 9.74. The lowest BCUT2D eigenvalue weighted by Crippen LogP contribution is -2.16. The lowest BCUT2D eigenvalue weighted by molar-refractivity contribution is -0.146. The van der Waals surface area contributed by atoms with Crippen LogP contribution in [-0.2, 0) is 21.4 Å². The highest BCUT2D eigenvalue weighted by molar-refractivity contribution is 5.74. The van der Waals surface area contributed by atoms with Crippen molar-refractivity contribution in [1.29, 1.82) is 0 Å². The minimum Gasteiger partial charge on any atom is -0.493 e. The molecule has 0 aliphatic carbocycles. The average Bonchev–Trinajstić information content (AvgIpc) is 2.35. The van der Waals surface area contributed by atoms with Crippen molar-refractivity contribution < 1.29 is 14.3 Å². The van der Waals surface area contributed by atoms with Crippen LogP contribution in [0.2, 0.25) is 0 Å². The van der Waals surface area contributed by atoms with Crippen molar-refractivity contribution in [3.05, 3.63) is 29.3 Å². The second-order valence-electron chi connectivity index (χ2n) is 6.64. The van der Waals surface area contributed by atoms with E-state index >= 15 is 0 Å². The van der Waals surface area contributed by atoms with E-state index in [2.05, 4.69) is 39.8 Å². The monoisotopic (exact) mass is 292 g/mol. The molecular weight excluding hydrogens is 264 g/mol. The van der Waals surface area contributed by atoms with Crippen LogP contribution >= 0.6 is 0 Å². The first-order valence-electron chi connectivity index (χ1n) is 7.69. The molecule has 1 aromatic carbocycles. The van der Waals surface area contributed by atoms with Gasteiger partial charge in [0.25, 0.3) is 0 Å². The third kappa shape index (κ3) is 5.78. The van der Waals surface area contributed by atoms with Gasteiger partial charge in [0.1, 0.15) is 5.75 Å². The molecule has 0 fully saturated rings. The molecule has 1 rings (SSSR count). The maximum absolute atomic E-state index is 11.9. The Bertz CT molecular complexity index is 470. The van der Waals surface area contributed by atoms with E-state index in [9.17, 15) is 4.79 Å². The van der Waals surface area contributed by atoms with E-state index in [-0.39, 0.29) is 23.9 Å². The molecule has 0 bridgehead atoms. The normalized spacial score (nSPS) is 11.6. The maximum Gasteiger partial charge on any atom is 0.310 e. The zero-order valence-corrected chi connectivity index (χ0v) is 14.2. The molecule has 21 heavy (non-hydrogen) atoms. The Hall–Kier alpha value is -1.51. The van der Waals surface area contributed by atoms with Gasteiger partial charge in [0.05, 0.1) is 19.1 Å². The molecule has 0 amide bonds. The minimum atomic E-state index is -0.211. The number of rotatable bonds is 6. The highest BCUT2D eigenvalue weighted by atomic mass is 16.5. The van der Waals surface area contributed by atoms with Crippen molar-refractivity contribution in [3.8, 4) is 5.75 Å². The lowest BCUT2D eigenvalue weighted by atomic mass is 9.85. The van der Waals surface area contributed by atoms with Gasteiger partial charge in [-0.25, -0.2) is 0 Å². The second kappa shape index (κ2) is 7.48. The molecule has 0 radical (unpaired) electrons. The Morgan fingerprint density at radius 3 is 2.43 bits per heavy atom. The summed E-state index contributed by atoms with van der Waals surface area (Å²) in [5, 5.41) is 0. The molecule has 0 aliphatic heterocycles. The van der Waals surface area contributed by atoms with Crippen molar-refractivity contribution in [2.75, 3.05) is 6.61 Å². The van der Waals surface area contributed by atoms with E-state index in [0.29, 0.717) is 6.61 Å². The third-order valence-corrected chi connectivity index (χ3v) is 3.09. The molecule has 0 spiro atoms. The van der Waals surface area contributed by atoms with Gasteiger partial charge < -0.3 is 9.47 Å². The molecule has 3 nitrogen and oxygen atoms in total. The third-order valence-electron chi connectivity index (χ3n) is 3.09. The molecule has 1 aromatic rings. The second-order valence-corrected chi connectivity index (χ2v) is 6.64. The Morgan fingerprint density at radius 1 is 1.24 bits per heavy atom. The van der Waals surface area contributed by atoms with Gasteiger partial charge in [0, 0.05) is 5.56 Å². The van der Waals surface area contributed by atoms with Gasteiger partial charge in [-0.05, 0) is 37.3 Å². The van der Waals surface area contributed by atoms with Crippen LogP contribution in [0.4, 0.5) is 0 Å². The van der Waals surface area contributed by atoms with Gasteiger partial charge in [-0.1, -0.05) is 39.8 Å². The summed E-state index contributed by atoms with van der Waals surface area (Å²) < 4.78 is 11.0. The number of carbonyl (C=O) groups excluding carboxylic acids is 1. The summed E-state index contributed by atoms with van der Waals surface area (Å²) in [6.45, 7) is 12.9. The number of hydrogen-bond acceptors (Lipinski definition) is 3. The van der Waals surface area contributed by atoms with Gasteiger partial charge in [-0.2, -0.15) is 0 Å². The van der Waals surface area contributed by atoms with Gasteiger partial charge in [-0.15, -0.1) is 0 Å². The molecule has 0 aliphatic rings. The highest BCUT2D eigenvalue weighted by Crippen LogP contribution is 2.28. The fraction of sp³-hybridized carbons (Fsp3) is 0.611. The standard InChI is InChI=1S/C18H28O3/c1-7-10-20-16-9-8-15(18(4,5)6)11-14(16)12-17(19)21-13(2)3/h8-9,11,13H,7,10,12H2,1-6H3. The fourth-order valence-corrected chi connectivity index (χ4v) is 2.00. The van der Waals surface area contributed by atoms with E-state index in [4.69, 9.17) is 9.47 Å². The van der Waals surface area contributed by atoms with Crippen molar-refractivity contribution in [1.82, 2.24) is 0 Å². The lowest BCUT2D eigenvalue weighted by Gasteiger charge is -2.21. The maximum atomic E-state index is 11.9. The van der Waals surface area contributed by atoms with Crippen LogP contribution in [0.3, 0.4) is 0 Å². The molecule has 0 unspecified atom stereocenters. The smallest absolute Gasteiger partial charge is 0.310 e. The van der Waals surface area contributed by atoms with Crippen LogP contribution < -0.4 is 4.74 Å². The van der Waals surface area contributed by atoms with E-state index in [1.807, 2.05) is 19.9 Å². The molecule has 0 saturated heterocycles. The van der Waals surface area contributed by atoms with Gasteiger partial charge in [0.2, 0.25) is 0 Å². The van der Waals surface area contributed by atoms with E-state index in [0.717, 1.165) is 17.7 Å². The summed E-state index contributed by atoms with van der Waals surface area (Å²) in [5.41, 5.74) is 2.14. The van der Waals surface area contributed by atoms with Crippen molar-refractivity contribution in [2.24, 2.45) is 0 Å². The Kier molecular flexibility index (Phi) is 6.25. The number of benzene rings is 1. The van der Waals surface area contributed by atoms with E-state index in [1.54, 1.807) is 0 Å². The molecule has 0 N–H and O–H groups in total. The fourth-order valence-electron chi connectivity index (χ4n) is 2.00. The molecule has 0 saturated carbocycles. The molecule has 0 aromatic heterocycles. The zero-order chi connectivity index (χ0) is 16.0. The molecule has 0 heterocycles. The first kappa shape index (κ1) is 17.5. The zero-order valence-electron chi connectivity index (χ0n) is 14.2. The first-order valence-corrected chi connectivity index (χ1v) is 7.69. The largest absolute Gasteiger partial charge is 0.493 e. The van der Waals surface area contributed by atoms with Crippen molar-refractivity contribution in [3.63, 3.8) is 0 Å². The van der Waals surface area contributed by atoms with Gasteiger partial charge >= 0.3 is 5.97 Å². The summed E-state index contributed by atoms with van der Waals surface area (Å²) in [6.07, 6.45) is 1.10. The number of ether oxygens (including phenoxy) is 2. The van der Waals surface area contributed by atoms with Crippen LogP contribution in [-0.4, -0.2) is 18.7 Å². The summed E-state index contributed by atoms with van der Waals surface area (Å²) in [6, 6.07) is 6.10. The number of carbonyl (C=O) groups is 1. The number of hydrogen-bond donors (Lipinski definition) is 0. The average molecular weight is 292 g/mol. The van der Waals surface area contributed by atoms with Crippen LogP contribution in [0, 0.1) is 0 Å². The van der Waals surface area contributed by atoms with Crippen LogP contribution in [0.25, 0.3) is 0 Å². The van der Waals surface area contributed by atoms with Crippen molar-refractivity contribution in [2.45, 2.75) is 65.9 Å². The Labute approximate surface area is 128 Å². The predicted molar refractivity (Wildman–Crippen MR) is 85.9 cm³/mol. The predicted octanol–water partition coefficient (Wildman–Crippen LogP) is 4.27. The van der Waals surface area contributed by atoms with Crippen LogP contribution in [0.15, 0.2) is 18.2 Å². The van der Waals surface area contributed by atoms with Crippen molar-refractivity contribution >= 4 is 5.97 Å². The Balaban J connectivity index is 3.01. The topological polar surface area (TPSA) is 35.5 Å².